The quantitative estimate of drug-likeness (QED) is 0.647. The maximum absolute atomic E-state index is 13.6. The molecule has 0 aliphatic rings. The van der Waals surface area contributed by atoms with Gasteiger partial charge in [0, 0.05) is 17.1 Å². The van der Waals surface area contributed by atoms with Crippen LogP contribution in [0.3, 0.4) is 0 Å². The molecular formula is C14H12BrFN2O3. The Kier molecular flexibility index (Phi) is 4.74. The Bertz CT molecular complexity index is 679. The minimum absolute atomic E-state index is 0.0686. The predicted molar refractivity (Wildman–Crippen MR) is 81.1 cm³/mol. The van der Waals surface area contributed by atoms with Crippen LogP contribution in [0.25, 0.3) is 0 Å². The van der Waals surface area contributed by atoms with E-state index < -0.39 is 10.7 Å². The van der Waals surface area contributed by atoms with E-state index in [0.29, 0.717) is 17.0 Å². The van der Waals surface area contributed by atoms with Gasteiger partial charge in [-0.1, -0.05) is 15.9 Å². The lowest BCUT2D eigenvalue weighted by atomic mass is 10.2. The van der Waals surface area contributed by atoms with E-state index in [0.717, 1.165) is 4.47 Å². The first-order valence-corrected chi connectivity index (χ1v) is 6.80. The highest BCUT2D eigenvalue weighted by molar-refractivity contribution is 9.10. The standard InChI is InChI=1S/C14H12BrFN2O3/c1-21-12-5-9(4-11(7-12)18(19)20)8-17-14-6-10(15)2-3-13(14)16/h2-7,17H,8H2,1H3. The molecule has 0 spiro atoms. The minimum Gasteiger partial charge on any atom is -0.496 e. The van der Waals surface area contributed by atoms with Crippen molar-refractivity contribution in [2.24, 2.45) is 0 Å². The summed E-state index contributed by atoms with van der Waals surface area (Å²) in [6, 6.07) is 8.95. The summed E-state index contributed by atoms with van der Waals surface area (Å²) in [6.45, 7) is 0.241. The van der Waals surface area contributed by atoms with Crippen molar-refractivity contribution in [2.45, 2.75) is 6.54 Å². The number of nitrogens with one attached hydrogen (secondary N) is 1. The second kappa shape index (κ2) is 6.53. The molecule has 0 bridgehead atoms. The number of nitrogens with zero attached hydrogens (tertiary/aromatic N) is 1. The number of nitro groups is 1. The molecule has 5 nitrogen and oxygen atoms in total. The van der Waals surface area contributed by atoms with E-state index in [-0.39, 0.29) is 12.2 Å². The summed E-state index contributed by atoms with van der Waals surface area (Å²) >= 11 is 3.26. The SMILES string of the molecule is COc1cc(CNc2cc(Br)ccc2F)cc([N+](=O)[O-])c1. The van der Waals surface area contributed by atoms with Crippen LogP contribution in [0, 0.1) is 15.9 Å². The highest BCUT2D eigenvalue weighted by Crippen LogP contribution is 2.24. The van der Waals surface area contributed by atoms with Gasteiger partial charge in [0.2, 0.25) is 0 Å². The number of ether oxygens (including phenoxy) is 1. The lowest BCUT2D eigenvalue weighted by molar-refractivity contribution is -0.385. The summed E-state index contributed by atoms with van der Waals surface area (Å²) in [4.78, 5) is 10.4. The number of anilines is 1. The third-order valence-electron chi connectivity index (χ3n) is 2.81. The van der Waals surface area contributed by atoms with Crippen molar-refractivity contribution in [2.75, 3.05) is 12.4 Å². The number of hydrogen-bond donors (Lipinski definition) is 1. The topological polar surface area (TPSA) is 64.4 Å². The van der Waals surface area contributed by atoms with Crippen LogP contribution in [0.2, 0.25) is 0 Å². The molecule has 0 heterocycles. The van der Waals surface area contributed by atoms with Gasteiger partial charge in [0.15, 0.2) is 0 Å². The van der Waals surface area contributed by atoms with Crippen LogP contribution in [0.1, 0.15) is 5.56 Å². The smallest absolute Gasteiger partial charge is 0.273 e. The molecule has 1 N–H and O–H groups in total. The first kappa shape index (κ1) is 15.2. The summed E-state index contributed by atoms with van der Waals surface area (Å²) in [5.41, 5.74) is 0.871. The van der Waals surface area contributed by atoms with Crippen molar-refractivity contribution in [1.82, 2.24) is 0 Å². The number of rotatable bonds is 5. The first-order chi connectivity index (χ1) is 9.99. The number of nitro benzene ring substituents is 1. The van der Waals surface area contributed by atoms with Crippen molar-refractivity contribution in [1.29, 1.82) is 0 Å². The molecule has 0 aliphatic heterocycles. The molecule has 0 aliphatic carbocycles. The molecule has 110 valence electrons. The summed E-state index contributed by atoms with van der Waals surface area (Å²) in [6.07, 6.45) is 0. The third kappa shape index (κ3) is 3.91. The van der Waals surface area contributed by atoms with Crippen molar-refractivity contribution in [3.8, 4) is 5.75 Å². The third-order valence-corrected chi connectivity index (χ3v) is 3.30. The molecule has 2 aromatic carbocycles. The van der Waals surface area contributed by atoms with Crippen LogP contribution in [0.4, 0.5) is 15.8 Å². The number of methoxy groups -OCH3 is 1. The van der Waals surface area contributed by atoms with Crippen molar-refractivity contribution < 1.29 is 14.1 Å². The Labute approximate surface area is 129 Å². The van der Waals surface area contributed by atoms with Crippen molar-refractivity contribution >= 4 is 27.3 Å². The lowest BCUT2D eigenvalue weighted by Gasteiger charge is -2.09. The summed E-state index contributed by atoms with van der Waals surface area (Å²) in [5.74, 6) is -0.00805. The van der Waals surface area contributed by atoms with E-state index in [1.54, 1.807) is 18.2 Å². The van der Waals surface area contributed by atoms with Gasteiger partial charge in [0.1, 0.15) is 11.6 Å². The number of benzene rings is 2. The zero-order valence-electron chi connectivity index (χ0n) is 11.1. The van der Waals surface area contributed by atoms with Crippen molar-refractivity contribution in [3.63, 3.8) is 0 Å². The van der Waals surface area contributed by atoms with Crippen LogP contribution in [-0.2, 0) is 6.54 Å². The Morgan fingerprint density at radius 1 is 1.33 bits per heavy atom. The molecule has 0 saturated carbocycles. The van der Waals surface area contributed by atoms with Crippen LogP contribution in [0.5, 0.6) is 5.75 Å². The van der Waals surface area contributed by atoms with Crippen LogP contribution in [-0.4, -0.2) is 12.0 Å². The van der Waals surface area contributed by atoms with E-state index in [1.807, 2.05) is 0 Å². The highest BCUT2D eigenvalue weighted by Gasteiger charge is 2.11. The second-order valence-electron chi connectivity index (χ2n) is 4.27. The molecule has 2 aromatic rings. The van der Waals surface area contributed by atoms with Crippen LogP contribution in [0.15, 0.2) is 40.9 Å². The zero-order valence-corrected chi connectivity index (χ0v) is 12.7. The second-order valence-corrected chi connectivity index (χ2v) is 5.19. The number of hydrogen-bond acceptors (Lipinski definition) is 4. The largest absolute Gasteiger partial charge is 0.496 e. The Morgan fingerprint density at radius 3 is 2.76 bits per heavy atom. The monoisotopic (exact) mass is 354 g/mol. The maximum Gasteiger partial charge on any atom is 0.273 e. The van der Waals surface area contributed by atoms with Gasteiger partial charge in [-0.05, 0) is 29.8 Å². The van der Waals surface area contributed by atoms with E-state index in [2.05, 4.69) is 21.2 Å². The van der Waals surface area contributed by atoms with Gasteiger partial charge >= 0.3 is 0 Å². The fraction of sp³-hybridized carbons (Fsp3) is 0.143. The average molecular weight is 355 g/mol. The van der Waals surface area contributed by atoms with Gasteiger partial charge in [-0.3, -0.25) is 10.1 Å². The number of non-ortho nitro benzene ring substituents is 1. The lowest BCUT2D eigenvalue weighted by Crippen LogP contribution is -2.02. The van der Waals surface area contributed by atoms with E-state index in [4.69, 9.17) is 4.74 Å². The summed E-state index contributed by atoms with van der Waals surface area (Å²) in [7, 11) is 1.43. The minimum atomic E-state index is -0.494. The summed E-state index contributed by atoms with van der Waals surface area (Å²) in [5, 5.41) is 13.8. The highest BCUT2D eigenvalue weighted by atomic mass is 79.9. The molecule has 7 heteroatoms. The van der Waals surface area contributed by atoms with E-state index in [9.17, 15) is 14.5 Å². The molecule has 0 fully saturated rings. The van der Waals surface area contributed by atoms with Gasteiger partial charge in [-0.2, -0.15) is 0 Å². The van der Waals surface area contributed by atoms with Gasteiger partial charge < -0.3 is 10.1 Å². The Morgan fingerprint density at radius 2 is 2.10 bits per heavy atom. The number of halogens is 2. The van der Waals surface area contributed by atoms with Crippen molar-refractivity contribution in [3.05, 3.63) is 62.4 Å². The van der Waals surface area contributed by atoms with Crippen LogP contribution < -0.4 is 10.1 Å². The molecular weight excluding hydrogens is 343 g/mol. The van der Waals surface area contributed by atoms with Gasteiger partial charge in [0.05, 0.1) is 23.8 Å². The molecule has 0 amide bonds. The van der Waals surface area contributed by atoms with Gasteiger partial charge in [-0.25, -0.2) is 4.39 Å². The zero-order chi connectivity index (χ0) is 15.4. The summed E-state index contributed by atoms with van der Waals surface area (Å²) < 4.78 is 19.4. The normalized spacial score (nSPS) is 10.2. The first-order valence-electron chi connectivity index (χ1n) is 6.01. The fourth-order valence-electron chi connectivity index (χ4n) is 1.80. The van der Waals surface area contributed by atoms with E-state index >= 15 is 0 Å². The average Bonchev–Trinajstić information content (AvgIpc) is 2.47. The molecule has 0 radical (unpaired) electrons. The molecule has 21 heavy (non-hydrogen) atoms. The fourth-order valence-corrected chi connectivity index (χ4v) is 2.16. The van der Waals surface area contributed by atoms with Crippen LogP contribution >= 0.6 is 15.9 Å². The maximum atomic E-state index is 13.6. The molecule has 2 rings (SSSR count). The molecule has 0 atom stereocenters. The van der Waals surface area contributed by atoms with E-state index in [1.165, 1.54) is 25.3 Å². The van der Waals surface area contributed by atoms with Gasteiger partial charge in [-0.15, -0.1) is 0 Å². The Hall–Kier alpha value is -2.15. The predicted octanol–water partition coefficient (Wildman–Crippen LogP) is 4.12. The molecule has 0 saturated heterocycles. The molecule has 0 aromatic heterocycles. The Balaban J connectivity index is 2.21. The van der Waals surface area contributed by atoms with Gasteiger partial charge in [0.25, 0.3) is 5.69 Å². The molecule has 0 unspecified atom stereocenters.